The Labute approximate surface area is 190 Å². The van der Waals surface area contributed by atoms with E-state index in [4.69, 9.17) is 33.2 Å². The molecule has 1 aromatic heterocycles. The van der Waals surface area contributed by atoms with Crippen LogP contribution in [0.5, 0.6) is 0 Å². The Morgan fingerprint density at radius 3 is 2.21 bits per heavy atom. The highest BCUT2D eigenvalue weighted by molar-refractivity contribution is 5.87. The van der Waals surface area contributed by atoms with Crippen LogP contribution in [0, 0.1) is 0 Å². The first-order valence-corrected chi connectivity index (χ1v) is 10.3. The smallest absolute Gasteiger partial charge is 0.316 e. The van der Waals surface area contributed by atoms with E-state index in [-0.39, 0.29) is 55.7 Å². The third-order valence-corrected chi connectivity index (χ3v) is 4.52. The Kier molecular flexibility index (Phi) is 11.3. The molecule has 184 valence electrons. The fourth-order valence-corrected chi connectivity index (χ4v) is 2.75. The molecule has 1 rings (SSSR count). The van der Waals surface area contributed by atoms with Gasteiger partial charge in [0.05, 0.1) is 12.1 Å². The molecule has 1 heterocycles. The number of Topliss-reactive ketones (excluding diaryl/α,β-unsaturated/α-hetero) is 1. The standard InChI is InChI=1S/C18H32N10O5/c1-9(29)11(5-7-14(21)31)25-18(32)26-12(3-2-8-24-17(22)23)16-27-15(28-33-16)10(19)4-6-13(20)30/h10-12H,2-8,19H2,1H3,(H2,20,30)(H2,21,31)(H4,22,23,24)(H2,25,26,32)/t10-,11-,12-/m0/s1. The van der Waals surface area contributed by atoms with Crippen LogP contribution in [-0.4, -0.2) is 52.3 Å². The van der Waals surface area contributed by atoms with E-state index in [1.165, 1.54) is 6.92 Å². The van der Waals surface area contributed by atoms with Crippen LogP contribution in [0.3, 0.4) is 0 Å². The van der Waals surface area contributed by atoms with Gasteiger partial charge in [0.15, 0.2) is 17.6 Å². The Hall–Kier alpha value is -3.75. The molecule has 1 aromatic rings. The van der Waals surface area contributed by atoms with Gasteiger partial charge in [0.2, 0.25) is 17.7 Å². The van der Waals surface area contributed by atoms with Crippen LogP contribution in [0.25, 0.3) is 0 Å². The van der Waals surface area contributed by atoms with Crippen molar-refractivity contribution in [1.82, 2.24) is 20.8 Å². The first-order valence-electron chi connectivity index (χ1n) is 10.3. The topological polar surface area (TPSA) is 274 Å². The van der Waals surface area contributed by atoms with Crippen LogP contribution < -0.4 is 39.3 Å². The summed E-state index contributed by atoms with van der Waals surface area (Å²) in [4.78, 5) is 54.4. The number of nitrogens with one attached hydrogen (secondary N) is 2. The van der Waals surface area contributed by atoms with Crippen molar-refractivity contribution in [2.24, 2.45) is 33.7 Å². The zero-order chi connectivity index (χ0) is 25.0. The monoisotopic (exact) mass is 468 g/mol. The van der Waals surface area contributed by atoms with E-state index < -0.39 is 36.0 Å². The second-order valence-corrected chi connectivity index (χ2v) is 7.39. The molecule has 0 aliphatic carbocycles. The van der Waals surface area contributed by atoms with Crippen molar-refractivity contribution in [2.45, 2.75) is 63.6 Å². The number of aromatic nitrogens is 2. The minimum atomic E-state index is -0.903. The number of carbonyl (C=O) groups excluding carboxylic acids is 4. The first-order chi connectivity index (χ1) is 15.5. The molecular formula is C18H32N10O5. The number of ketones is 1. The molecule has 0 aromatic carbocycles. The predicted octanol–water partition coefficient (Wildman–Crippen LogP) is -2.05. The van der Waals surface area contributed by atoms with Gasteiger partial charge in [-0.3, -0.25) is 19.4 Å². The molecule has 15 heteroatoms. The first kappa shape index (κ1) is 27.3. The number of nitrogens with zero attached hydrogens (tertiary/aromatic N) is 3. The lowest BCUT2D eigenvalue weighted by Crippen LogP contribution is -2.46. The lowest BCUT2D eigenvalue weighted by atomic mass is 10.1. The summed E-state index contributed by atoms with van der Waals surface area (Å²) in [6, 6.07) is -3.04. The normalized spacial score (nSPS) is 13.4. The molecule has 0 aliphatic heterocycles. The van der Waals surface area contributed by atoms with Crippen molar-refractivity contribution >= 4 is 29.6 Å². The van der Waals surface area contributed by atoms with Crippen LogP contribution >= 0.6 is 0 Å². The maximum absolute atomic E-state index is 12.5. The van der Waals surface area contributed by atoms with Crippen LogP contribution in [0.1, 0.15) is 69.2 Å². The fourth-order valence-electron chi connectivity index (χ4n) is 2.75. The highest BCUT2D eigenvalue weighted by Gasteiger charge is 2.25. The number of guanidine groups is 1. The summed E-state index contributed by atoms with van der Waals surface area (Å²) in [5.41, 5.74) is 26.8. The van der Waals surface area contributed by atoms with Gasteiger partial charge < -0.3 is 43.8 Å². The van der Waals surface area contributed by atoms with Crippen molar-refractivity contribution in [2.75, 3.05) is 6.54 Å². The average Bonchev–Trinajstić information content (AvgIpc) is 3.21. The van der Waals surface area contributed by atoms with Crippen LogP contribution in [-0.2, 0) is 14.4 Å². The van der Waals surface area contributed by atoms with E-state index in [1.807, 2.05) is 0 Å². The van der Waals surface area contributed by atoms with Gasteiger partial charge in [0, 0.05) is 19.4 Å². The van der Waals surface area contributed by atoms with E-state index in [1.54, 1.807) is 0 Å². The van der Waals surface area contributed by atoms with Crippen molar-refractivity contribution < 1.29 is 23.7 Å². The van der Waals surface area contributed by atoms with Crippen LogP contribution in [0.2, 0.25) is 0 Å². The second-order valence-electron chi connectivity index (χ2n) is 7.39. The van der Waals surface area contributed by atoms with Gasteiger partial charge in [0.25, 0.3) is 0 Å². The molecule has 3 atom stereocenters. The number of aliphatic imine (C=N–C) groups is 1. The predicted molar refractivity (Wildman–Crippen MR) is 117 cm³/mol. The Bertz CT molecular complexity index is 851. The maximum atomic E-state index is 12.5. The second kappa shape index (κ2) is 13.6. The third kappa shape index (κ3) is 10.9. The Balaban J connectivity index is 2.90. The number of carbonyl (C=O) groups is 4. The minimum absolute atomic E-state index is 0.0470. The highest BCUT2D eigenvalue weighted by atomic mass is 16.5. The number of rotatable bonds is 15. The van der Waals surface area contributed by atoms with Gasteiger partial charge in [0.1, 0.15) is 6.04 Å². The number of primary amides is 2. The SMILES string of the molecule is CC(=O)[C@H](CCC(N)=O)NC(=O)N[C@@H](CCCN=C(N)N)c1nc([C@@H](N)CCC(N)=O)no1. The Morgan fingerprint density at radius 1 is 1.00 bits per heavy atom. The number of nitrogens with two attached hydrogens (primary N) is 5. The van der Waals surface area contributed by atoms with Gasteiger partial charge in [-0.15, -0.1) is 0 Å². The van der Waals surface area contributed by atoms with E-state index in [2.05, 4.69) is 25.8 Å². The summed E-state index contributed by atoms with van der Waals surface area (Å²) in [7, 11) is 0. The van der Waals surface area contributed by atoms with Gasteiger partial charge in [-0.2, -0.15) is 4.98 Å². The molecule has 0 fully saturated rings. The maximum Gasteiger partial charge on any atom is 0.316 e. The van der Waals surface area contributed by atoms with Crippen molar-refractivity contribution in [3.63, 3.8) is 0 Å². The zero-order valence-corrected chi connectivity index (χ0v) is 18.5. The third-order valence-electron chi connectivity index (χ3n) is 4.52. The Morgan fingerprint density at radius 2 is 1.64 bits per heavy atom. The number of hydrogen-bond acceptors (Lipinski definition) is 9. The van der Waals surface area contributed by atoms with E-state index in [0.717, 1.165) is 0 Å². The van der Waals surface area contributed by atoms with E-state index >= 15 is 0 Å². The molecule has 4 amide bonds. The van der Waals surface area contributed by atoms with Gasteiger partial charge >= 0.3 is 6.03 Å². The zero-order valence-electron chi connectivity index (χ0n) is 18.5. The van der Waals surface area contributed by atoms with Crippen LogP contribution in [0.15, 0.2) is 9.52 Å². The molecule has 12 N–H and O–H groups in total. The van der Waals surface area contributed by atoms with Crippen molar-refractivity contribution in [3.8, 4) is 0 Å². The number of urea groups is 1. The largest absolute Gasteiger partial charge is 0.370 e. The van der Waals surface area contributed by atoms with Crippen LogP contribution in [0.4, 0.5) is 4.79 Å². The average molecular weight is 469 g/mol. The number of amides is 4. The van der Waals surface area contributed by atoms with Gasteiger partial charge in [-0.05, 0) is 32.6 Å². The molecule has 0 bridgehead atoms. The summed E-state index contributed by atoms with van der Waals surface area (Å²) in [6.45, 7) is 1.58. The lowest BCUT2D eigenvalue weighted by molar-refractivity contribution is -0.120. The number of hydrogen-bond donors (Lipinski definition) is 7. The minimum Gasteiger partial charge on any atom is -0.370 e. The van der Waals surface area contributed by atoms with E-state index in [0.29, 0.717) is 12.8 Å². The molecule has 0 saturated heterocycles. The lowest BCUT2D eigenvalue weighted by Gasteiger charge is -2.19. The fraction of sp³-hybridized carbons (Fsp3) is 0.611. The summed E-state index contributed by atoms with van der Waals surface area (Å²) < 4.78 is 5.25. The molecule has 0 aliphatic rings. The van der Waals surface area contributed by atoms with E-state index in [9.17, 15) is 19.2 Å². The molecule has 0 spiro atoms. The molecule has 0 unspecified atom stereocenters. The molecular weight excluding hydrogens is 436 g/mol. The molecule has 15 nitrogen and oxygen atoms in total. The summed E-state index contributed by atoms with van der Waals surface area (Å²) in [6.07, 6.45) is 1.03. The highest BCUT2D eigenvalue weighted by Crippen LogP contribution is 2.20. The summed E-state index contributed by atoms with van der Waals surface area (Å²) >= 11 is 0. The molecule has 33 heavy (non-hydrogen) atoms. The molecule has 0 radical (unpaired) electrons. The summed E-state index contributed by atoms with van der Waals surface area (Å²) in [5.74, 6) is -1.30. The molecule has 0 saturated carbocycles. The van der Waals surface area contributed by atoms with Crippen molar-refractivity contribution in [3.05, 3.63) is 11.7 Å². The van der Waals surface area contributed by atoms with Crippen molar-refractivity contribution in [1.29, 1.82) is 0 Å². The quantitative estimate of drug-likeness (QED) is 0.0840. The van der Waals surface area contributed by atoms with Gasteiger partial charge in [-0.25, -0.2) is 4.79 Å². The van der Waals surface area contributed by atoms with Gasteiger partial charge in [-0.1, -0.05) is 5.16 Å². The summed E-state index contributed by atoms with van der Waals surface area (Å²) in [5, 5.41) is 8.97.